The summed E-state index contributed by atoms with van der Waals surface area (Å²) in [6.45, 7) is 4.06. The van der Waals surface area contributed by atoms with Gasteiger partial charge in [0.05, 0.1) is 5.69 Å². The van der Waals surface area contributed by atoms with Gasteiger partial charge in [0.1, 0.15) is 0 Å². The summed E-state index contributed by atoms with van der Waals surface area (Å²) in [7, 11) is 0. The number of carbonyl (C=O) groups excluding carboxylic acids is 3. The van der Waals surface area contributed by atoms with Gasteiger partial charge in [-0.3, -0.25) is 14.4 Å². The first kappa shape index (κ1) is 13.9. The van der Waals surface area contributed by atoms with E-state index in [0.29, 0.717) is 11.3 Å². The topological polar surface area (TPSA) is 75.9 Å². The third-order valence-corrected chi connectivity index (χ3v) is 2.33. The number of hydrogen-bond acceptors (Lipinski definition) is 5. The number of benzene rings is 1. The second kappa shape index (κ2) is 5.95. The predicted octanol–water partition coefficient (Wildman–Crippen LogP) is 2.52. The molecule has 0 saturated carbocycles. The molecule has 0 unspecified atom stereocenters. The van der Waals surface area contributed by atoms with Gasteiger partial charge in [-0.2, -0.15) is 10.2 Å². The summed E-state index contributed by atoms with van der Waals surface area (Å²) in [5.74, 6) is -0.720. The summed E-state index contributed by atoms with van der Waals surface area (Å²) < 4.78 is 0. The van der Waals surface area contributed by atoms with Crippen LogP contribution in [0.3, 0.4) is 0 Å². The van der Waals surface area contributed by atoms with E-state index in [1.165, 1.54) is 20.8 Å². The smallest absolute Gasteiger partial charge is 0.187 e. The molecular weight excluding hydrogens is 232 g/mol. The number of carbonyl (C=O) groups is 3. The lowest BCUT2D eigenvalue weighted by Crippen LogP contribution is -2.23. The van der Waals surface area contributed by atoms with Gasteiger partial charge in [-0.15, -0.1) is 0 Å². The highest BCUT2D eigenvalue weighted by Crippen LogP contribution is 2.15. The first-order valence-electron chi connectivity index (χ1n) is 5.44. The van der Waals surface area contributed by atoms with Crippen molar-refractivity contribution < 1.29 is 14.4 Å². The Morgan fingerprint density at radius 1 is 0.944 bits per heavy atom. The Bertz CT molecular complexity index is 489. The second-order valence-electron chi connectivity index (χ2n) is 3.94. The van der Waals surface area contributed by atoms with Gasteiger partial charge < -0.3 is 0 Å². The summed E-state index contributed by atoms with van der Waals surface area (Å²) in [6.07, 6.45) is 0. The fraction of sp³-hybridized carbons (Fsp3) is 0.308. The number of ketones is 3. The van der Waals surface area contributed by atoms with Gasteiger partial charge in [-0.25, -0.2) is 0 Å². The maximum atomic E-state index is 11.1. The highest BCUT2D eigenvalue weighted by Gasteiger charge is 2.18. The monoisotopic (exact) mass is 246 g/mol. The Kier molecular flexibility index (Phi) is 4.59. The van der Waals surface area contributed by atoms with Crippen LogP contribution in [-0.4, -0.2) is 23.4 Å². The van der Waals surface area contributed by atoms with Crippen molar-refractivity contribution in [3.05, 3.63) is 29.8 Å². The summed E-state index contributed by atoms with van der Waals surface area (Å²) in [5, 5.41) is 7.53. The molecule has 0 amide bonds. The molecular formula is C13H14N2O3. The standard InChI is InChI=1S/C13H14N2O3/c1-8(16)11-4-6-12(7-5-11)14-15-13(9(2)17)10(3)18/h4-7,13H,1-3H3. The van der Waals surface area contributed by atoms with Crippen LogP contribution in [0.2, 0.25) is 0 Å². The third kappa shape index (κ3) is 3.69. The molecule has 94 valence electrons. The minimum Gasteiger partial charge on any atom is -0.297 e. The molecule has 0 atom stereocenters. The Morgan fingerprint density at radius 2 is 1.44 bits per heavy atom. The van der Waals surface area contributed by atoms with E-state index in [1.54, 1.807) is 24.3 Å². The van der Waals surface area contributed by atoms with Crippen LogP contribution in [0.1, 0.15) is 31.1 Å². The molecule has 1 rings (SSSR count). The third-order valence-electron chi connectivity index (χ3n) is 2.33. The Balaban J connectivity index is 2.86. The first-order valence-corrected chi connectivity index (χ1v) is 5.44. The van der Waals surface area contributed by atoms with E-state index >= 15 is 0 Å². The van der Waals surface area contributed by atoms with Crippen LogP contribution >= 0.6 is 0 Å². The molecule has 0 aromatic heterocycles. The number of nitrogens with zero attached hydrogens (tertiary/aromatic N) is 2. The molecule has 1 aromatic rings. The van der Waals surface area contributed by atoms with Crippen LogP contribution < -0.4 is 0 Å². The molecule has 0 fully saturated rings. The molecule has 0 spiro atoms. The van der Waals surface area contributed by atoms with Crippen LogP contribution in [0.5, 0.6) is 0 Å². The van der Waals surface area contributed by atoms with Crippen LogP contribution in [0.25, 0.3) is 0 Å². The molecule has 0 heterocycles. The van der Waals surface area contributed by atoms with Gasteiger partial charge in [0, 0.05) is 5.56 Å². The van der Waals surface area contributed by atoms with Crippen molar-refractivity contribution in [3.8, 4) is 0 Å². The molecule has 1 aromatic carbocycles. The predicted molar refractivity (Wildman–Crippen MR) is 66.1 cm³/mol. The van der Waals surface area contributed by atoms with Crippen molar-refractivity contribution >= 4 is 23.0 Å². The summed E-state index contributed by atoms with van der Waals surface area (Å²) in [4.78, 5) is 33.3. The van der Waals surface area contributed by atoms with Crippen molar-refractivity contribution in [2.75, 3.05) is 0 Å². The fourth-order valence-electron chi connectivity index (χ4n) is 1.34. The molecule has 0 aliphatic carbocycles. The quantitative estimate of drug-likeness (QED) is 0.455. The maximum Gasteiger partial charge on any atom is 0.187 e. The van der Waals surface area contributed by atoms with E-state index in [-0.39, 0.29) is 17.3 Å². The van der Waals surface area contributed by atoms with Crippen molar-refractivity contribution in [1.82, 2.24) is 0 Å². The van der Waals surface area contributed by atoms with E-state index in [9.17, 15) is 14.4 Å². The zero-order chi connectivity index (χ0) is 13.7. The minimum atomic E-state index is -1.04. The highest BCUT2D eigenvalue weighted by molar-refractivity contribution is 6.04. The lowest BCUT2D eigenvalue weighted by atomic mass is 10.1. The Morgan fingerprint density at radius 3 is 1.83 bits per heavy atom. The number of hydrogen-bond donors (Lipinski definition) is 0. The van der Waals surface area contributed by atoms with Crippen LogP contribution in [0.15, 0.2) is 34.5 Å². The highest BCUT2D eigenvalue weighted by atomic mass is 16.2. The molecule has 0 N–H and O–H groups in total. The van der Waals surface area contributed by atoms with Crippen LogP contribution in [0, 0.1) is 0 Å². The molecule has 0 aliphatic rings. The van der Waals surface area contributed by atoms with Gasteiger partial charge in [-0.05, 0) is 45.0 Å². The molecule has 0 bridgehead atoms. The van der Waals surface area contributed by atoms with Crippen molar-refractivity contribution in [2.45, 2.75) is 26.8 Å². The lowest BCUT2D eigenvalue weighted by molar-refractivity contribution is -0.126. The average Bonchev–Trinajstić information content (AvgIpc) is 2.28. The van der Waals surface area contributed by atoms with Crippen LogP contribution in [0.4, 0.5) is 5.69 Å². The van der Waals surface area contributed by atoms with Gasteiger partial charge in [0.25, 0.3) is 0 Å². The van der Waals surface area contributed by atoms with Crippen molar-refractivity contribution in [2.24, 2.45) is 10.2 Å². The molecule has 0 saturated heterocycles. The largest absolute Gasteiger partial charge is 0.297 e. The molecule has 5 nitrogen and oxygen atoms in total. The van der Waals surface area contributed by atoms with E-state index in [2.05, 4.69) is 10.2 Å². The SMILES string of the molecule is CC(=O)c1ccc(N=NC(C(C)=O)C(C)=O)cc1. The van der Waals surface area contributed by atoms with E-state index in [1.807, 2.05) is 0 Å². The van der Waals surface area contributed by atoms with Crippen molar-refractivity contribution in [3.63, 3.8) is 0 Å². The molecule has 5 heteroatoms. The number of rotatable bonds is 5. The van der Waals surface area contributed by atoms with Gasteiger partial charge >= 0.3 is 0 Å². The molecule has 0 aliphatic heterocycles. The summed E-state index contributed by atoms with van der Waals surface area (Å²) in [6, 6.07) is 5.41. The summed E-state index contributed by atoms with van der Waals surface area (Å²) >= 11 is 0. The molecule has 18 heavy (non-hydrogen) atoms. The number of azo groups is 1. The first-order chi connectivity index (χ1) is 8.41. The normalized spacial score (nSPS) is 10.9. The van der Waals surface area contributed by atoms with E-state index in [0.717, 1.165) is 0 Å². The van der Waals surface area contributed by atoms with E-state index < -0.39 is 6.04 Å². The summed E-state index contributed by atoms with van der Waals surface area (Å²) in [5.41, 5.74) is 1.07. The fourth-order valence-corrected chi connectivity index (χ4v) is 1.34. The Hall–Kier alpha value is -2.17. The van der Waals surface area contributed by atoms with Gasteiger partial charge in [0.15, 0.2) is 23.4 Å². The Labute approximate surface area is 105 Å². The zero-order valence-electron chi connectivity index (χ0n) is 10.5. The number of Topliss-reactive ketones (excluding diaryl/α,β-unsaturated/α-hetero) is 3. The molecule has 0 radical (unpaired) electrons. The van der Waals surface area contributed by atoms with Crippen molar-refractivity contribution in [1.29, 1.82) is 0 Å². The minimum absolute atomic E-state index is 0.0381. The zero-order valence-corrected chi connectivity index (χ0v) is 10.5. The van der Waals surface area contributed by atoms with Gasteiger partial charge in [-0.1, -0.05) is 0 Å². The van der Waals surface area contributed by atoms with E-state index in [4.69, 9.17) is 0 Å². The average molecular weight is 246 g/mol. The lowest BCUT2D eigenvalue weighted by Gasteiger charge is -2.02. The second-order valence-corrected chi connectivity index (χ2v) is 3.94. The van der Waals surface area contributed by atoms with Crippen LogP contribution in [-0.2, 0) is 9.59 Å². The van der Waals surface area contributed by atoms with Gasteiger partial charge in [0.2, 0.25) is 0 Å². The maximum absolute atomic E-state index is 11.1.